The Bertz CT molecular complexity index is 1790. The minimum atomic E-state index is -0.562. The Morgan fingerprint density at radius 1 is 1.21 bits per heavy atom. The molecule has 3 aromatic rings. The lowest BCUT2D eigenvalue weighted by Gasteiger charge is -2.29. The minimum Gasteiger partial charge on any atom is -0.460 e. The summed E-state index contributed by atoms with van der Waals surface area (Å²) in [6, 6.07) is 11.2. The van der Waals surface area contributed by atoms with E-state index in [2.05, 4.69) is 74.1 Å². The summed E-state index contributed by atoms with van der Waals surface area (Å²) in [5, 5.41) is 11.9. The molecule has 53 heavy (non-hydrogen) atoms. The highest BCUT2D eigenvalue weighted by molar-refractivity contribution is 7.80. The molecule has 0 amide bonds. The molecule has 0 saturated heterocycles. The Hall–Kier alpha value is -4.16. The second-order valence-electron chi connectivity index (χ2n) is 15.7. The third kappa shape index (κ3) is 12.5. The predicted octanol–water partition coefficient (Wildman–Crippen LogP) is 9.93. The first-order valence-electron chi connectivity index (χ1n) is 19.4. The smallest absolute Gasteiger partial charge is 0.318 e. The number of thiocarbonyl (C=S) groups is 1. The van der Waals surface area contributed by atoms with Gasteiger partial charge >= 0.3 is 12.0 Å². The van der Waals surface area contributed by atoms with Crippen LogP contribution in [0.4, 0.5) is 5.82 Å². The Labute approximate surface area is 323 Å². The number of pyridine rings is 1. The topological polar surface area (TPSA) is 101 Å². The summed E-state index contributed by atoms with van der Waals surface area (Å²) < 4.78 is 11.9. The third-order valence-corrected chi connectivity index (χ3v) is 10.5. The molecule has 1 aliphatic carbocycles. The van der Waals surface area contributed by atoms with Gasteiger partial charge in [0.1, 0.15) is 18.0 Å². The molecule has 8 nitrogen and oxygen atoms in total. The third-order valence-electron chi connectivity index (χ3n) is 10.0. The van der Waals surface area contributed by atoms with E-state index in [9.17, 15) is 10.1 Å². The first-order chi connectivity index (χ1) is 25.3. The van der Waals surface area contributed by atoms with E-state index in [0.717, 1.165) is 83.4 Å². The zero-order chi connectivity index (χ0) is 38.5. The molecule has 3 atom stereocenters. The number of aromatic nitrogens is 3. The molecule has 2 unspecified atom stereocenters. The molecule has 4 rings (SSSR count). The van der Waals surface area contributed by atoms with Crippen LogP contribution in [0.25, 0.3) is 10.8 Å². The van der Waals surface area contributed by atoms with Gasteiger partial charge in [-0.15, -0.1) is 0 Å². The van der Waals surface area contributed by atoms with Gasteiger partial charge in [-0.1, -0.05) is 88.3 Å². The maximum atomic E-state index is 12.6. The standard InChI is InChI=1S/C44H59N5O3S/c1-9-11-13-33(10-2)40(53)29-51-43-47-39-25-32(5)34(26-35-14-12-15-36-27-46-22-19-37(35)36)16-17-38(39)42(48-43)49(28-31(4)18-21-45)23-20-30(3)24-41(50)52-44(6,7)8/h12,14-15,19,22,27,31,33-34H,3,5,9-11,13,16-18,20,23-26,28-29H2,1-2,4,6-8H3/t31?,33-,34?/m0/s1. The highest BCUT2D eigenvalue weighted by atomic mass is 32.1. The summed E-state index contributed by atoms with van der Waals surface area (Å²) in [5.41, 5.74) is 4.66. The van der Waals surface area contributed by atoms with E-state index in [4.69, 9.17) is 31.7 Å². The summed E-state index contributed by atoms with van der Waals surface area (Å²) in [4.78, 5) is 30.3. The number of carbonyl (C=O) groups is 1. The van der Waals surface area contributed by atoms with Crippen molar-refractivity contribution in [1.29, 1.82) is 5.26 Å². The van der Waals surface area contributed by atoms with Crippen molar-refractivity contribution >= 4 is 39.6 Å². The fraction of sp³-hybridized carbons (Fsp3) is 0.545. The average molecular weight is 738 g/mol. The monoisotopic (exact) mass is 737 g/mol. The van der Waals surface area contributed by atoms with Crippen LogP contribution in [-0.4, -0.2) is 51.1 Å². The van der Waals surface area contributed by atoms with Gasteiger partial charge in [-0.25, -0.2) is 0 Å². The first-order valence-corrected chi connectivity index (χ1v) is 19.8. The first kappa shape index (κ1) is 41.6. The van der Waals surface area contributed by atoms with E-state index in [1.54, 1.807) is 0 Å². The largest absolute Gasteiger partial charge is 0.460 e. The van der Waals surface area contributed by atoms with Gasteiger partial charge in [0.05, 0.1) is 18.2 Å². The minimum absolute atomic E-state index is 0.0832. The van der Waals surface area contributed by atoms with Crippen molar-refractivity contribution < 1.29 is 14.3 Å². The van der Waals surface area contributed by atoms with Crippen molar-refractivity contribution in [2.45, 2.75) is 118 Å². The van der Waals surface area contributed by atoms with Crippen molar-refractivity contribution in [3.05, 3.63) is 77.8 Å². The second-order valence-corrected chi connectivity index (χ2v) is 16.2. The van der Waals surface area contributed by atoms with E-state index < -0.39 is 5.60 Å². The molecular formula is C44H59N5O3S. The number of unbranched alkanes of at least 4 members (excludes halogenated alkanes) is 1. The quantitative estimate of drug-likeness (QED) is 0.0515. The van der Waals surface area contributed by atoms with E-state index in [1.165, 1.54) is 10.9 Å². The summed E-state index contributed by atoms with van der Waals surface area (Å²) in [6.45, 7) is 22.4. The number of ether oxygens (including phenoxy) is 2. The van der Waals surface area contributed by atoms with Gasteiger partial charge in [-0.3, -0.25) is 9.78 Å². The number of carbonyl (C=O) groups excluding carboxylic acids is 1. The number of esters is 1. The molecule has 2 heterocycles. The molecule has 2 aromatic heterocycles. The molecule has 0 N–H and O–H groups in total. The van der Waals surface area contributed by atoms with E-state index in [-0.39, 0.29) is 30.8 Å². The van der Waals surface area contributed by atoms with Crippen LogP contribution < -0.4 is 9.64 Å². The number of allylic oxidation sites excluding steroid dienone is 1. The highest BCUT2D eigenvalue weighted by Crippen LogP contribution is 2.36. The Balaban J connectivity index is 1.67. The van der Waals surface area contributed by atoms with Crippen molar-refractivity contribution in [3.63, 3.8) is 0 Å². The van der Waals surface area contributed by atoms with Crippen molar-refractivity contribution in [3.8, 4) is 12.1 Å². The molecular weight excluding hydrogens is 679 g/mol. The Morgan fingerprint density at radius 3 is 2.72 bits per heavy atom. The summed E-state index contributed by atoms with van der Waals surface area (Å²) in [6.07, 6.45) is 12.4. The second kappa shape index (κ2) is 19.8. The van der Waals surface area contributed by atoms with Crippen molar-refractivity contribution in [2.75, 3.05) is 24.6 Å². The summed E-state index contributed by atoms with van der Waals surface area (Å²) in [5.74, 6) is 1.17. The molecule has 0 radical (unpaired) electrons. The number of hydrogen-bond acceptors (Lipinski definition) is 9. The van der Waals surface area contributed by atoms with Crippen LogP contribution in [0.5, 0.6) is 6.01 Å². The molecule has 0 aliphatic heterocycles. The van der Waals surface area contributed by atoms with Gasteiger partial charge in [0, 0.05) is 54.1 Å². The number of hydrogen-bond donors (Lipinski definition) is 0. The number of anilines is 1. The van der Waals surface area contributed by atoms with Crippen LogP contribution >= 0.6 is 12.2 Å². The SMILES string of the molecule is C=C(CCN(CC(C)CC#N)c1nc(OCC(=S)[C@@H](CC)CCCC)nc2c1CCC(Cc1cccc3cnccc13)C(=C)C2)CC(=O)OC(C)(C)C. The molecule has 1 aliphatic rings. The van der Waals surface area contributed by atoms with Gasteiger partial charge in [-0.05, 0) is 94.1 Å². The fourth-order valence-electron chi connectivity index (χ4n) is 7.13. The number of nitrogens with zero attached hydrogens (tertiary/aromatic N) is 5. The van der Waals surface area contributed by atoms with Crippen LogP contribution in [0.3, 0.4) is 0 Å². The maximum Gasteiger partial charge on any atom is 0.318 e. The normalized spacial score (nSPS) is 15.5. The number of rotatable bonds is 19. The van der Waals surface area contributed by atoms with Gasteiger partial charge in [0.15, 0.2) is 0 Å². The summed E-state index contributed by atoms with van der Waals surface area (Å²) in [7, 11) is 0. The molecule has 284 valence electrons. The van der Waals surface area contributed by atoms with Crippen LogP contribution in [0.1, 0.15) is 110 Å². The molecule has 1 aromatic carbocycles. The number of nitriles is 1. The lowest BCUT2D eigenvalue weighted by atomic mass is 9.87. The van der Waals surface area contributed by atoms with Crippen molar-refractivity contribution in [1.82, 2.24) is 15.0 Å². The molecule has 0 bridgehead atoms. The Kier molecular flexibility index (Phi) is 15.5. The zero-order valence-electron chi connectivity index (χ0n) is 32.9. The van der Waals surface area contributed by atoms with Crippen LogP contribution in [0.15, 0.2) is 61.0 Å². The van der Waals surface area contributed by atoms with Crippen LogP contribution in [-0.2, 0) is 28.8 Å². The highest BCUT2D eigenvalue weighted by Gasteiger charge is 2.28. The van der Waals surface area contributed by atoms with E-state index in [0.29, 0.717) is 44.3 Å². The zero-order valence-corrected chi connectivity index (χ0v) is 33.7. The molecule has 9 heteroatoms. The van der Waals surface area contributed by atoms with Gasteiger partial charge < -0.3 is 14.4 Å². The lowest BCUT2D eigenvalue weighted by Crippen LogP contribution is -2.32. The lowest BCUT2D eigenvalue weighted by molar-refractivity contribution is -0.153. The average Bonchev–Trinajstić information content (AvgIpc) is 3.26. The van der Waals surface area contributed by atoms with Gasteiger partial charge in [0.25, 0.3) is 0 Å². The number of fused-ring (bicyclic) bond motifs is 2. The van der Waals surface area contributed by atoms with Gasteiger partial charge in [0.2, 0.25) is 0 Å². The maximum absolute atomic E-state index is 12.6. The van der Waals surface area contributed by atoms with Crippen LogP contribution in [0, 0.1) is 29.1 Å². The molecule has 0 fully saturated rings. The van der Waals surface area contributed by atoms with E-state index >= 15 is 0 Å². The Morgan fingerprint density at radius 2 is 2.00 bits per heavy atom. The summed E-state index contributed by atoms with van der Waals surface area (Å²) >= 11 is 5.88. The predicted molar refractivity (Wildman–Crippen MR) is 219 cm³/mol. The van der Waals surface area contributed by atoms with Gasteiger partial charge in [-0.2, -0.15) is 15.2 Å². The van der Waals surface area contributed by atoms with E-state index in [1.807, 2.05) is 33.2 Å². The van der Waals surface area contributed by atoms with Crippen LogP contribution in [0.2, 0.25) is 0 Å². The fourth-order valence-corrected chi connectivity index (χ4v) is 7.47. The van der Waals surface area contributed by atoms with Crippen molar-refractivity contribution in [2.24, 2.45) is 17.8 Å². The molecule has 0 spiro atoms. The number of benzene rings is 1. The molecule has 0 saturated carbocycles.